The summed E-state index contributed by atoms with van der Waals surface area (Å²) in [5.74, 6) is -0.283. The van der Waals surface area contributed by atoms with E-state index in [-0.39, 0.29) is 22.9 Å². The van der Waals surface area contributed by atoms with Crippen molar-refractivity contribution in [2.45, 2.75) is 37.2 Å². The summed E-state index contributed by atoms with van der Waals surface area (Å²) in [5, 5.41) is 10.1. The monoisotopic (exact) mass is 287 g/mol. The van der Waals surface area contributed by atoms with Gasteiger partial charge in [-0.15, -0.1) is 0 Å². The average molecular weight is 287 g/mol. The quantitative estimate of drug-likeness (QED) is 0.864. The third kappa shape index (κ3) is 3.32. The van der Waals surface area contributed by atoms with Crippen molar-refractivity contribution in [3.8, 4) is 0 Å². The number of sulfonamides is 1. The Hall–Kier alpha value is -0.980. The number of nitrogens with one attached hydrogen (secondary N) is 1. The number of benzene rings is 1. The molecule has 1 atom stereocenters. The number of rotatable bonds is 5. The van der Waals surface area contributed by atoms with E-state index in [0.717, 1.165) is 18.9 Å². The lowest BCUT2D eigenvalue weighted by Crippen LogP contribution is -2.42. The maximum atomic E-state index is 13.1. The molecule has 0 spiro atoms. The SMILES string of the molecule is Cc1cc(S(=O)(=O)NC[C@@](C)(O)C2CC2)ccc1F. The van der Waals surface area contributed by atoms with Crippen LogP contribution in [0.2, 0.25) is 0 Å². The highest BCUT2D eigenvalue weighted by Crippen LogP contribution is 2.39. The third-order valence-electron chi connectivity index (χ3n) is 3.52. The summed E-state index contributed by atoms with van der Waals surface area (Å²) in [5.41, 5.74) is -0.751. The van der Waals surface area contributed by atoms with Crippen LogP contribution in [0.4, 0.5) is 4.39 Å². The molecule has 6 heteroatoms. The second-order valence-electron chi connectivity index (χ2n) is 5.37. The minimum absolute atomic E-state index is 0.0120. The first kappa shape index (κ1) is 14.4. The molecule has 1 fully saturated rings. The minimum atomic E-state index is -3.72. The molecule has 106 valence electrons. The van der Waals surface area contributed by atoms with Crippen molar-refractivity contribution < 1.29 is 17.9 Å². The highest BCUT2D eigenvalue weighted by atomic mass is 32.2. The van der Waals surface area contributed by atoms with Gasteiger partial charge in [-0.1, -0.05) is 0 Å². The number of aliphatic hydroxyl groups is 1. The van der Waals surface area contributed by atoms with Gasteiger partial charge in [0.25, 0.3) is 0 Å². The van der Waals surface area contributed by atoms with E-state index in [0.29, 0.717) is 0 Å². The zero-order valence-corrected chi connectivity index (χ0v) is 11.8. The van der Waals surface area contributed by atoms with E-state index >= 15 is 0 Å². The Morgan fingerprint density at radius 2 is 2.11 bits per heavy atom. The van der Waals surface area contributed by atoms with E-state index in [4.69, 9.17) is 0 Å². The molecule has 4 nitrogen and oxygen atoms in total. The molecule has 1 aromatic carbocycles. The number of hydrogen-bond acceptors (Lipinski definition) is 3. The van der Waals surface area contributed by atoms with E-state index in [1.165, 1.54) is 19.1 Å². The molecule has 1 saturated carbocycles. The molecule has 1 aliphatic rings. The fraction of sp³-hybridized carbons (Fsp3) is 0.538. The van der Waals surface area contributed by atoms with Gasteiger partial charge in [0.1, 0.15) is 5.82 Å². The number of halogens is 1. The van der Waals surface area contributed by atoms with Crippen LogP contribution in [0.1, 0.15) is 25.3 Å². The molecule has 19 heavy (non-hydrogen) atoms. The van der Waals surface area contributed by atoms with E-state index < -0.39 is 21.4 Å². The van der Waals surface area contributed by atoms with Crippen molar-refractivity contribution >= 4 is 10.0 Å². The molecule has 0 radical (unpaired) electrons. The standard InChI is InChI=1S/C13H18FNO3S/c1-9-7-11(5-6-12(9)14)19(17,18)15-8-13(2,16)10-3-4-10/h5-7,10,15-16H,3-4,8H2,1-2H3/t13-/m1/s1. The minimum Gasteiger partial charge on any atom is -0.389 e. The van der Waals surface area contributed by atoms with Crippen molar-refractivity contribution in [2.24, 2.45) is 5.92 Å². The summed E-state index contributed by atoms with van der Waals surface area (Å²) in [6, 6.07) is 3.63. The van der Waals surface area contributed by atoms with Gasteiger partial charge in [-0.2, -0.15) is 0 Å². The van der Waals surface area contributed by atoms with Gasteiger partial charge in [-0.25, -0.2) is 17.5 Å². The number of hydrogen-bond donors (Lipinski definition) is 2. The topological polar surface area (TPSA) is 66.4 Å². The van der Waals surface area contributed by atoms with Crippen molar-refractivity contribution in [1.82, 2.24) is 4.72 Å². The van der Waals surface area contributed by atoms with Gasteiger partial charge in [0, 0.05) is 6.54 Å². The largest absolute Gasteiger partial charge is 0.389 e. The van der Waals surface area contributed by atoms with E-state index in [9.17, 15) is 17.9 Å². The molecule has 0 bridgehead atoms. The summed E-state index contributed by atoms with van der Waals surface area (Å²) in [7, 11) is -3.72. The summed E-state index contributed by atoms with van der Waals surface area (Å²) in [6.07, 6.45) is 1.84. The Labute approximate surface area is 112 Å². The van der Waals surface area contributed by atoms with Crippen molar-refractivity contribution in [3.63, 3.8) is 0 Å². The predicted octanol–water partition coefficient (Wildman–Crippen LogP) is 1.57. The Bertz CT molecular complexity index is 580. The van der Waals surface area contributed by atoms with Gasteiger partial charge < -0.3 is 5.11 Å². The maximum Gasteiger partial charge on any atom is 0.240 e. The Morgan fingerprint density at radius 1 is 1.47 bits per heavy atom. The van der Waals surface area contributed by atoms with Gasteiger partial charge in [0.15, 0.2) is 0 Å². The molecule has 0 heterocycles. The van der Waals surface area contributed by atoms with Crippen LogP contribution < -0.4 is 4.72 Å². The highest BCUT2D eigenvalue weighted by molar-refractivity contribution is 7.89. The molecular weight excluding hydrogens is 269 g/mol. The van der Waals surface area contributed by atoms with Crippen molar-refractivity contribution in [3.05, 3.63) is 29.6 Å². The molecule has 0 saturated heterocycles. The molecule has 2 rings (SSSR count). The predicted molar refractivity (Wildman–Crippen MR) is 69.7 cm³/mol. The summed E-state index contributed by atoms with van der Waals surface area (Å²) in [6.45, 7) is 3.11. The van der Waals surface area contributed by atoms with Crippen molar-refractivity contribution in [1.29, 1.82) is 0 Å². The molecule has 2 N–H and O–H groups in total. The molecule has 0 aliphatic heterocycles. The molecule has 0 aromatic heterocycles. The van der Waals surface area contributed by atoms with E-state index in [2.05, 4.69) is 4.72 Å². The van der Waals surface area contributed by atoms with Crippen LogP contribution in [0, 0.1) is 18.7 Å². The summed E-state index contributed by atoms with van der Waals surface area (Å²) < 4.78 is 39.6. The van der Waals surface area contributed by atoms with Crippen LogP contribution >= 0.6 is 0 Å². The van der Waals surface area contributed by atoms with Gasteiger partial charge >= 0.3 is 0 Å². The summed E-state index contributed by atoms with van der Waals surface area (Å²) >= 11 is 0. The first-order valence-corrected chi connectivity index (χ1v) is 7.69. The van der Waals surface area contributed by atoms with Crippen LogP contribution in [-0.2, 0) is 10.0 Å². The fourth-order valence-electron chi connectivity index (χ4n) is 1.96. The Kier molecular flexibility index (Phi) is 3.68. The van der Waals surface area contributed by atoms with Crippen molar-refractivity contribution in [2.75, 3.05) is 6.54 Å². The molecule has 1 aliphatic carbocycles. The molecule has 1 aromatic rings. The van der Waals surface area contributed by atoms with E-state index in [1.807, 2.05) is 0 Å². The Balaban J connectivity index is 2.11. The van der Waals surface area contributed by atoms with Crippen LogP contribution in [0.25, 0.3) is 0 Å². The van der Waals surface area contributed by atoms with Crippen LogP contribution in [0.15, 0.2) is 23.1 Å². The van der Waals surface area contributed by atoms with Crippen LogP contribution in [0.3, 0.4) is 0 Å². The number of aryl methyl sites for hydroxylation is 1. The lowest BCUT2D eigenvalue weighted by atomic mass is 10.0. The second-order valence-corrected chi connectivity index (χ2v) is 7.13. The normalized spacial score (nSPS) is 19.2. The van der Waals surface area contributed by atoms with Gasteiger partial charge in [-0.3, -0.25) is 0 Å². The van der Waals surface area contributed by atoms with Crippen LogP contribution in [-0.4, -0.2) is 25.7 Å². The maximum absolute atomic E-state index is 13.1. The fourth-order valence-corrected chi connectivity index (χ4v) is 3.19. The van der Waals surface area contributed by atoms with Gasteiger partial charge in [0.2, 0.25) is 10.0 Å². The van der Waals surface area contributed by atoms with Gasteiger partial charge in [0.05, 0.1) is 10.5 Å². The lowest BCUT2D eigenvalue weighted by Gasteiger charge is -2.23. The zero-order chi connectivity index (χ0) is 14.3. The van der Waals surface area contributed by atoms with E-state index in [1.54, 1.807) is 6.92 Å². The smallest absolute Gasteiger partial charge is 0.240 e. The lowest BCUT2D eigenvalue weighted by molar-refractivity contribution is 0.0422. The highest BCUT2D eigenvalue weighted by Gasteiger charge is 2.40. The first-order chi connectivity index (χ1) is 8.72. The molecule has 0 unspecified atom stereocenters. The van der Waals surface area contributed by atoms with Gasteiger partial charge in [-0.05, 0) is 56.4 Å². The Morgan fingerprint density at radius 3 is 2.63 bits per heavy atom. The average Bonchev–Trinajstić information content (AvgIpc) is 3.14. The first-order valence-electron chi connectivity index (χ1n) is 6.20. The van der Waals surface area contributed by atoms with Crippen LogP contribution in [0.5, 0.6) is 0 Å². The summed E-state index contributed by atoms with van der Waals surface area (Å²) in [4.78, 5) is 0.0120. The third-order valence-corrected chi connectivity index (χ3v) is 4.92. The zero-order valence-electron chi connectivity index (χ0n) is 11.0. The molecule has 0 amide bonds. The second kappa shape index (κ2) is 4.85. The molecular formula is C13H18FNO3S.